The van der Waals surface area contributed by atoms with Crippen molar-refractivity contribution in [2.45, 2.75) is 79.1 Å². The summed E-state index contributed by atoms with van der Waals surface area (Å²) in [5.41, 5.74) is 6.83. The van der Waals surface area contributed by atoms with Gasteiger partial charge in [-0.25, -0.2) is 0 Å². The lowest BCUT2D eigenvalue weighted by molar-refractivity contribution is 0.103. The number of unbranched alkanes of at least 4 members (excludes halogenated alkanes) is 2. The van der Waals surface area contributed by atoms with E-state index in [-0.39, 0.29) is 11.6 Å². The highest BCUT2D eigenvalue weighted by atomic mass is 16.5. The van der Waals surface area contributed by atoms with Crippen molar-refractivity contribution in [2.75, 3.05) is 13.2 Å². The van der Waals surface area contributed by atoms with Crippen LogP contribution in [0.2, 0.25) is 0 Å². The molecular formula is C50H48O4. The molecular weight excluding hydrogens is 665 g/mol. The zero-order valence-corrected chi connectivity index (χ0v) is 31.9. The SMILES string of the molecule is CCCCC(CC)COc1cc2c3c(ccc4c5ccc6c7c(cc(OCC(CC)CCCC)c(c1c34)c75)-c1ccccc1C6=O)C(=O)c1ccccc1-2. The van der Waals surface area contributed by atoms with Crippen molar-refractivity contribution in [1.29, 1.82) is 0 Å². The van der Waals surface area contributed by atoms with Gasteiger partial charge in [0.05, 0.1) is 13.2 Å². The fourth-order valence-corrected chi connectivity index (χ4v) is 9.39. The number of hydrogen-bond donors (Lipinski definition) is 0. The second kappa shape index (κ2) is 13.9. The topological polar surface area (TPSA) is 52.6 Å². The van der Waals surface area contributed by atoms with Crippen LogP contribution < -0.4 is 9.47 Å². The lowest BCUT2D eigenvalue weighted by atomic mass is 9.76. The Morgan fingerprint density at radius 1 is 0.444 bits per heavy atom. The maximum atomic E-state index is 14.3. The van der Waals surface area contributed by atoms with E-state index in [0.717, 1.165) is 138 Å². The molecule has 54 heavy (non-hydrogen) atoms. The van der Waals surface area contributed by atoms with Crippen molar-refractivity contribution in [3.63, 3.8) is 0 Å². The van der Waals surface area contributed by atoms with Crippen LogP contribution >= 0.6 is 0 Å². The van der Waals surface area contributed by atoms with Gasteiger partial charge in [-0.1, -0.05) is 127 Å². The molecule has 0 spiro atoms. The second-order valence-corrected chi connectivity index (χ2v) is 15.6. The molecule has 0 heterocycles. The summed E-state index contributed by atoms with van der Waals surface area (Å²) in [6.45, 7) is 10.2. The zero-order valence-electron chi connectivity index (χ0n) is 31.9. The van der Waals surface area contributed by atoms with Crippen LogP contribution in [-0.4, -0.2) is 24.8 Å². The quantitative estimate of drug-likeness (QED) is 0.0832. The van der Waals surface area contributed by atoms with E-state index in [9.17, 15) is 9.59 Å². The standard InChI is InChI=1S/C50H48O4/c1-5-9-15-29(7-3)27-53-41-25-39-31-17-11-13-19-35(31)49(51)37-23-21-33-34-22-24-38-44-40(32-18-12-14-20-36(32)50(38)52)26-42(54-28-30(8-4)16-10-6-2)48(46(34)44)47(41)45(33)43(37)39/h11-14,17-26,29-30H,5-10,15-16,27-28H2,1-4H3. The summed E-state index contributed by atoms with van der Waals surface area (Å²) in [5.74, 6) is 2.57. The molecule has 7 aromatic rings. The molecule has 0 bridgehead atoms. The Morgan fingerprint density at radius 2 is 0.852 bits per heavy atom. The summed E-state index contributed by atoms with van der Waals surface area (Å²) in [5, 5.41) is 8.07. The molecule has 9 rings (SSSR count). The molecule has 0 radical (unpaired) electrons. The number of ketones is 2. The van der Waals surface area contributed by atoms with Gasteiger partial charge in [-0.05, 0) is 82.0 Å². The zero-order chi connectivity index (χ0) is 37.1. The molecule has 2 aliphatic rings. The van der Waals surface area contributed by atoms with E-state index in [1.54, 1.807) is 0 Å². The Balaban J connectivity index is 1.42. The third-order valence-corrected chi connectivity index (χ3v) is 12.5. The summed E-state index contributed by atoms with van der Waals surface area (Å²) in [6, 6.07) is 28.6. The smallest absolute Gasteiger partial charge is 0.194 e. The summed E-state index contributed by atoms with van der Waals surface area (Å²) in [7, 11) is 0. The number of carbonyl (C=O) groups excluding carboxylic acids is 2. The van der Waals surface area contributed by atoms with Crippen LogP contribution in [-0.2, 0) is 0 Å². The summed E-state index contributed by atoms with van der Waals surface area (Å²) in [6.07, 6.45) is 8.97. The van der Waals surface area contributed by atoms with Crippen molar-refractivity contribution in [3.8, 4) is 33.8 Å². The van der Waals surface area contributed by atoms with Crippen molar-refractivity contribution < 1.29 is 19.1 Å². The van der Waals surface area contributed by atoms with Crippen LogP contribution in [0, 0.1) is 11.8 Å². The van der Waals surface area contributed by atoms with E-state index >= 15 is 0 Å². The van der Waals surface area contributed by atoms with Crippen molar-refractivity contribution in [2.24, 2.45) is 11.8 Å². The Kier molecular flexibility index (Phi) is 8.88. The molecule has 7 aromatic carbocycles. The lowest BCUT2D eigenvalue weighted by Gasteiger charge is -2.28. The molecule has 4 heteroatoms. The molecule has 4 nitrogen and oxygen atoms in total. The maximum Gasteiger partial charge on any atom is 0.194 e. The van der Waals surface area contributed by atoms with Crippen LogP contribution in [0.4, 0.5) is 0 Å². The van der Waals surface area contributed by atoms with Gasteiger partial charge < -0.3 is 9.47 Å². The first-order valence-electron chi connectivity index (χ1n) is 20.3. The summed E-state index contributed by atoms with van der Waals surface area (Å²) in [4.78, 5) is 28.5. The van der Waals surface area contributed by atoms with E-state index in [2.05, 4.69) is 64.1 Å². The molecule has 2 aliphatic carbocycles. The molecule has 0 aliphatic heterocycles. The van der Waals surface area contributed by atoms with Gasteiger partial charge >= 0.3 is 0 Å². The monoisotopic (exact) mass is 712 g/mol. The molecule has 0 fully saturated rings. The van der Waals surface area contributed by atoms with Crippen molar-refractivity contribution in [1.82, 2.24) is 0 Å². The first-order valence-corrected chi connectivity index (χ1v) is 20.3. The van der Waals surface area contributed by atoms with Gasteiger partial charge in [0.15, 0.2) is 11.6 Å². The first kappa shape index (κ1) is 34.5. The summed E-state index contributed by atoms with van der Waals surface area (Å²) >= 11 is 0. The highest BCUT2D eigenvalue weighted by Crippen LogP contribution is 2.55. The van der Waals surface area contributed by atoms with Crippen LogP contribution in [0.1, 0.15) is 111 Å². The molecule has 2 atom stereocenters. The van der Waals surface area contributed by atoms with Gasteiger partial charge in [0.2, 0.25) is 0 Å². The predicted molar refractivity (Wildman–Crippen MR) is 223 cm³/mol. The minimum absolute atomic E-state index is 0.0475. The average molecular weight is 713 g/mol. The number of carbonyl (C=O) groups is 2. The van der Waals surface area contributed by atoms with E-state index < -0.39 is 0 Å². The number of benzene rings is 7. The molecule has 0 saturated carbocycles. The van der Waals surface area contributed by atoms with Gasteiger partial charge in [-0.3, -0.25) is 9.59 Å². The highest BCUT2D eigenvalue weighted by Gasteiger charge is 2.33. The Labute approximate surface area is 317 Å². The van der Waals surface area contributed by atoms with Crippen LogP contribution in [0.15, 0.2) is 84.9 Å². The molecule has 0 saturated heterocycles. The normalized spacial score (nSPS) is 14.2. The second-order valence-electron chi connectivity index (χ2n) is 15.6. The number of fused-ring (bicyclic) bond motifs is 6. The van der Waals surface area contributed by atoms with Gasteiger partial charge in [0.25, 0.3) is 0 Å². The van der Waals surface area contributed by atoms with Crippen molar-refractivity contribution in [3.05, 3.63) is 107 Å². The van der Waals surface area contributed by atoms with E-state index in [1.165, 1.54) is 12.8 Å². The Morgan fingerprint density at radius 3 is 1.24 bits per heavy atom. The largest absolute Gasteiger partial charge is 0.493 e. The molecule has 0 amide bonds. The molecule has 0 N–H and O–H groups in total. The number of ether oxygens (including phenoxy) is 2. The number of hydrogen-bond acceptors (Lipinski definition) is 4. The predicted octanol–water partition coefficient (Wildman–Crippen LogP) is 13.4. The molecule has 0 aromatic heterocycles. The van der Waals surface area contributed by atoms with Gasteiger partial charge in [-0.15, -0.1) is 0 Å². The molecule has 272 valence electrons. The van der Waals surface area contributed by atoms with E-state index in [0.29, 0.717) is 25.0 Å². The minimum Gasteiger partial charge on any atom is -0.493 e. The fraction of sp³-hybridized carbons (Fsp3) is 0.320. The Hall–Kier alpha value is -5.22. The van der Waals surface area contributed by atoms with Gasteiger partial charge in [0, 0.05) is 54.6 Å². The highest BCUT2D eigenvalue weighted by molar-refractivity contribution is 6.43. The van der Waals surface area contributed by atoms with Gasteiger partial charge in [0.1, 0.15) is 11.5 Å². The lowest BCUT2D eigenvalue weighted by Crippen LogP contribution is -2.15. The van der Waals surface area contributed by atoms with Crippen LogP contribution in [0.25, 0.3) is 65.3 Å². The average Bonchev–Trinajstić information content (AvgIpc) is 3.21. The number of rotatable bonds is 14. The van der Waals surface area contributed by atoms with Crippen LogP contribution in [0.3, 0.4) is 0 Å². The van der Waals surface area contributed by atoms with Crippen LogP contribution in [0.5, 0.6) is 11.5 Å². The molecule has 2 unspecified atom stereocenters. The first-order chi connectivity index (χ1) is 26.5. The van der Waals surface area contributed by atoms with E-state index in [4.69, 9.17) is 9.47 Å². The van der Waals surface area contributed by atoms with E-state index in [1.807, 2.05) is 48.5 Å². The minimum atomic E-state index is 0.0475. The van der Waals surface area contributed by atoms with Crippen molar-refractivity contribution >= 4 is 54.7 Å². The van der Waals surface area contributed by atoms with Gasteiger partial charge in [-0.2, -0.15) is 0 Å². The Bertz CT molecular complexity index is 2430. The maximum absolute atomic E-state index is 14.3. The third-order valence-electron chi connectivity index (χ3n) is 12.5. The third kappa shape index (κ3) is 5.24. The summed E-state index contributed by atoms with van der Waals surface area (Å²) < 4.78 is 14.2. The fourth-order valence-electron chi connectivity index (χ4n) is 9.39.